The number of hydrogen-bond acceptors (Lipinski definition) is 3. The summed E-state index contributed by atoms with van der Waals surface area (Å²) in [6, 6.07) is 15.8. The molecule has 0 radical (unpaired) electrons. The monoisotopic (exact) mass is 293 g/mol. The Bertz CT molecular complexity index is 772. The highest BCUT2D eigenvalue weighted by Gasteiger charge is 2.05. The zero-order valence-corrected chi connectivity index (χ0v) is 12.8. The van der Waals surface area contributed by atoms with Crippen LogP contribution in [0.25, 0.3) is 11.3 Å². The third-order valence-corrected chi connectivity index (χ3v) is 3.40. The number of anilines is 1. The van der Waals surface area contributed by atoms with Crippen LogP contribution in [0.2, 0.25) is 0 Å². The molecule has 4 heteroatoms. The molecule has 22 heavy (non-hydrogen) atoms. The van der Waals surface area contributed by atoms with Gasteiger partial charge < -0.3 is 10.5 Å². The predicted octanol–water partition coefficient (Wildman–Crippen LogP) is 3.85. The first-order chi connectivity index (χ1) is 10.6. The second-order valence-electron chi connectivity index (χ2n) is 5.52. The number of nitrogens with two attached hydrogens (primary N) is 1. The maximum Gasteiger partial charge on any atom is 0.130 e. The van der Waals surface area contributed by atoms with Crippen molar-refractivity contribution < 1.29 is 4.74 Å². The van der Waals surface area contributed by atoms with Crippen molar-refractivity contribution >= 4 is 5.69 Å². The molecule has 0 bridgehead atoms. The number of H-pyrrole nitrogens is 1. The Balaban J connectivity index is 1.72. The van der Waals surface area contributed by atoms with E-state index in [0.29, 0.717) is 6.61 Å². The Morgan fingerprint density at radius 3 is 2.55 bits per heavy atom. The second kappa shape index (κ2) is 5.93. The number of nitrogens with one attached hydrogen (secondary N) is 1. The van der Waals surface area contributed by atoms with Gasteiger partial charge >= 0.3 is 0 Å². The molecule has 1 aromatic heterocycles. The number of ether oxygens (including phenoxy) is 1. The van der Waals surface area contributed by atoms with E-state index in [1.165, 1.54) is 11.1 Å². The van der Waals surface area contributed by atoms with E-state index in [1.807, 2.05) is 42.5 Å². The Labute approximate surface area is 129 Å². The van der Waals surface area contributed by atoms with Crippen molar-refractivity contribution in [3.8, 4) is 17.0 Å². The fourth-order valence-corrected chi connectivity index (χ4v) is 2.46. The van der Waals surface area contributed by atoms with E-state index in [-0.39, 0.29) is 0 Å². The van der Waals surface area contributed by atoms with Crippen LogP contribution in [-0.2, 0) is 6.61 Å². The van der Waals surface area contributed by atoms with E-state index in [2.05, 4.69) is 30.1 Å². The molecule has 0 unspecified atom stereocenters. The molecule has 0 atom stereocenters. The van der Waals surface area contributed by atoms with Crippen molar-refractivity contribution in [2.24, 2.45) is 0 Å². The third-order valence-electron chi connectivity index (χ3n) is 3.40. The number of aromatic amines is 1. The molecule has 3 rings (SSSR count). The highest BCUT2D eigenvalue weighted by molar-refractivity contribution is 5.64. The molecule has 4 nitrogen and oxygen atoms in total. The van der Waals surface area contributed by atoms with Crippen LogP contribution in [0, 0.1) is 13.8 Å². The molecule has 0 saturated heterocycles. The summed E-state index contributed by atoms with van der Waals surface area (Å²) in [7, 11) is 0. The van der Waals surface area contributed by atoms with Gasteiger partial charge in [0.25, 0.3) is 0 Å². The second-order valence-corrected chi connectivity index (χ2v) is 5.52. The lowest BCUT2D eigenvalue weighted by atomic mass is 10.1. The topological polar surface area (TPSA) is 63.9 Å². The van der Waals surface area contributed by atoms with Gasteiger partial charge in [0.1, 0.15) is 12.4 Å². The van der Waals surface area contributed by atoms with Gasteiger partial charge in [0.2, 0.25) is 0 Å². The van der Waals surface area contributed by atoms with Crippen molar-refractivity contribution in [1.82, 2.24) is 10.2 Å². The summed E-state index contributed by atoms with van der Waals surface area (Å²) in [6.07, 6.45) is 0. The van der Waals surface area contributed by atoms with Gasteiger partial charge in [-0.2, -0.15) is 5.10 Å². The summed E-state index contributed by atoms with van der Waals surface area (Å²) in [6.45, 7) is 4.58. The molecular formula is C18H19N3O. The minimum absolute atomic E-state index is 0.457. The van der Waals surface area contributed by atoms with Gasteiger partial charge in [-0.3, -0.25) is 5.10 Å². The van der Waals surface area contributed by atoms with Gasteiger partial charge in [0.05, 0.1) is 11.4 Å². The maximum absolute atomic E-state index is 5.83. The molecule has 0 aliphatic carbocycles. The predicted molar refractivity (Wildman–Crippen MR) is 88.7 cm³/mol. The van der Waals surface area contributed by atoms with Crippen molar-refractivity contribution in [3.05, 3.63) is 65.4 Å². The molecule has 0 spiro atoms. The Morgan fingerprint density at radius 1 is 1.05 bits per heavy atom. The summed E-state index contributed by atoms with van der Waals surface area (Å²) >= 11 is 0. The molecule has 0 aliphatic rings. The number of nitrogen functional groups attached to an aromatic ring is 1. The van der Waals surface area contributed by atoms with Crippen molar-refractivity contribution in [2.75, 3.05) is 5.73 Å². The van der Waals surface area contributed by atoms with Crippen molar-refractivity contribution in [1.29, 1.82) is 0 Å². The van der Waals surface area contributed by atoms with Crippen LogP contribution in [0.4, 0.5) is 5.69 Å². The quantitative estimate of drug-likeness (QED) is 0.718. The smallest absolute Gasteiger partial charge is 0.130 e. The Kier molecular flexibility index (Phi) is 3.83. The highest BCUT2D eigenvalue weighted by Crippen LogP contribution is 2.21. The number of nitrogens with zero attached hydrogens (tertiary/aromatic N) is 1. The Hall–Kier alpha value is -2.75. The molecule has 0 aliphatic heterocycles. The molecule has 0 saturated carbocycles. The minimum Gasteiger partial charge on any atom is -0.487 e. The fraction of sp³-hybridized carbons (Fsp3) is 0.167. The van der Waals surface area contributed by atoms with Gasteiger partial charge in [-0.25, -0.2) is 0 Å². The zero-order valence-electron chi connectivity index (χ0n) is 12.8. The highest BCUT2D eigenvalue weighted by atomic mass is 16.5. The van der Waals surface area contributed by atoms with E-state index in [4.69, 9.17) is 10.5 Å². The fourth-order valence-electron chi connectivity index (χ4n) is 2.46. The molecular weight excluding hydrogens is 274 g/mol. The van der Waals surface area contributed by atoms with Gasteiger partial charge in [0, 0.05) is 11.3 Å². The summed E-state index contributed by atoms with van der Waals surface area (Å²) < 4.78 is 5.83. The van der Waals surface area contributed by atoms with Crippen LogP contribution >= 0.6 is 0 Å². The lowest BCUT2D eigenvalue weighted by Gasteiger charge is -2.06. The number of rotatable bonds is 4. The number of aryl methyl sites for hydroxylation is 2. The molecule has 3 aromatic rings. The first-order valence-electron chi connectivity index (χ1n) is 7.21. The van der Waals surface area contributed by atoms with Gasteiger partial charge in [-0.1, -0.05) is 18.2 Å². The summed E-state index contributed by atoms with van der Waals surface area (Å²) in [5.74, 6) is 0.873. The molecule has 0 fully saturated rings. The average molecular weight is 293 g/mol. The Morgan fingerprint density at radius 2 is 1.82 bits per heavy atom. The first-order valence-corrected chi connectivity index (χ1v) is 7.21. The SMILES string of the molecule is Cc1cc(C)cc(OCc2cc(-c3cccc(N)c3)n[nH]2)c1. The molecule has 0 amide bonds. The van der Waals surface area contributed by atoms with E-state index in [9.17, 15) is 0 Å². The minimum atomic E-state index is 0.457. The standard InChI is InChI=1S/C18H19N3O/c1-12-6-13(2)8-17(7-12)22-11-16-10-18(21-20-16)14-4-3-5-15(19)9-14/h3-10H,11,19H2,1-2H3,(H,20,21). The number of hydrogen-bond donors (Lipinski definition) is 2. The summed E-state index contributed by atoms with van der Waals surface area (Å²) in [4.78, 5) is 0. The molecule has 3 N–H and O–H groups in total. The van der Waals surface area contributed by atoms with Crippen molar-refractivity contribution in [3.63, 3.8) is 0 Å². The van der Waals surface area contributed by atoms with Crippen LogP contribution in [0.5, 0.6) is 5.75 Å². The van der Waals surface area contributed by atoms with Crippen LogP contribution in [0.1, 0.15) is 16.8 Å². The lowest BCUT2D eigenvalue weighted by molar-refractivity contribution is 0.301. The average Bonchev–Trinajstić information content (AvgIpc) is 2.93. The zero-order chi connectivity index (χ0) is 15.5. The largest absolute Gasteiger partial charge is 0.487 e. The van der Waals surface area contributed by atoms with Gasteiger partial charge in [-0.05, 0) is 55.3 Å². The van der Waals surface area contributed by atoms with E-state index in [0.717, 1.165) is 28.4 Å². The van der Waals surface area contributed by atoms with Gasteiger partial charge in [-0.15, -0.1) is 0 Å². The first kappa shape index (κ1) is 14.2. The molecule has 1 heterocycles. The maximum atomic E-state index is 5.83. The summed E-state index contributed by atoms with van der Waals surface area (Å²) in [5, 5.41) is 7.32. The van der Waals surface area contributed by atoms with Crippen LogP contribution in [0.15, 0.2) is 48.5 Å². The van der Waals surface area contributed by atoms with E-state index < -0.39 is 0 Å². The van der Waals surface area contributed by atoms with E-state index >= 15 is 0 Å². The van der Waals surface area contributed by atoms with Crippen LogP contribution in [-0.4, -0.2) is 10.2 Å². The van der Waals surface area contributed by atoms with Crippen molar-refractivity contribution in [2.45, 2.75) is 20.5 Å². The van der Waals surface area contributed by atoms with Gasteiger partial charge in [0.15, 0.2) is 0 Å². The van der Waals surface area contributed by atoms with Crippen LogP contribution < -0.4 is 10.5 Å². The number of benzene rings is 2. The number of aromatic nitrogens is 2. The van der Waals surface area contributed by atoms with Crippen LogP contribution in [0.3, 0.4) is 0 Å². The molecule has 112 valence electrons. The molecule has 2 aromatic carbocycles. The lowest BCUT2D eigenvalue weighted by Crippen LogP contribution is -1.96. The third kappa shape index (κ3) is 3.28. The van der Waals surface area contributed by atoms with E-state index in [1.54, 1.807) is 0 Å². The summed E-state index contributed by atoms with van der Waals surface area (Å²) in [5.41, 5.74) is 11.7. The normalized spacial score (nSPS) is 10.6.